The lowest BCUT2D eigenvalue weighted by Crippen LogP contribution is -2.33. The molecule has 2 heterocycles. The monoisotopic (exact) mass is 310 g/mol. The molecule has 3 rings (SSSR count). The number of ether oxygens (including phenoxy) is 1. The lowest BCUT2D eigenvalue weighted by molar-refractivity contribution is 0.140. The summed E-state index contributed by atoms with van der Waals surface area (Å²) in [7, 11) is 1.74. The zero-order valence-corrected chi connectivity index (χ0v) is 14.4. The molecule has 1 fully saturated rings. The largest absolute Gasteiger partial charge is 0.496 e. The molecular weight excluding hydrogens is 284 g/mol. The van der Waals surface area contributed by atoms with Crippen molar-refractivity contribution in [2.75, 3.05) is 13.7 Å². The van der Waals surface area contributed by atoms with E-state index in [9.17, 15) is 0 Å². The van der Waals surface area contributed by atoms with E-state index in [0.29, 0.717) is 6.04 Å². The number of rotatable bonds is 4. The van der Waals surface area contributed by atoms with Gasteiger partial charge in [-0.15, -0.1) is 0 Å². The zero-order chi connectivity index (χ0) is 16.2. The van der Waals surface area contributed by atoms with Crippen LogP contribution in [-0.4, -0.2) is 23.5 Å². The quantitative estimate of drug-likeness (QED) is 0.835. The van der Waals surface area contributed by atoms with Crippen molar-refractivity contribution in [1.82, 2.24) is 9.88 Å². The van der Waals surface area contributed by atoms with E-state index < -0.39 is 0 Å². The number of likely N-dealkylation sites (tertiary alicyclic amines) is 1. The molecule has 122 valence electrons. The van der Waals surface area contributed by atoms with E-state index in [2.05, 4.69) is 41.9 Å². The number of nitrogens with zero attached hydrogens (tertiary/aromatic N) is 2. The van der Waals surface area contributed by atoms with E-state index in [1.165, 1.54) is 41.5 Å². The van der Waals surface area contributed by atoms with Crippen LogP contribution in [0.15, 0.2) is 36.7 Å². The van der Waals surface area contributed by atoms with E-state index in [1.54, 1.807) is 7.11 Å². The van der Waals surface area contributed by atoms with E-state index in [1.807, 2.05) is 18.5 Å². The molecule has 0 bridgehead atoms. The summed E-state index contributed by atoms with van der Waals surface area (Å²) in [5.41, 5.74) is 5.26. The van der Waals surface area contributed by atoms with Gasteiger partial charge in [0.25, 0.3) is 0 Å². The van der Waals surface area contributed by atoms with Crippen molar-refractivity contribution in [2.45, 2.75) is 45.7 Å². The van der Waals surface area contributed by atoms with E-state index in [-0.39, 0.29) is 0 Å². The molecule has 1 aliphatic rings. The van der Waals surface area contributed by atoms with Gasteiger partial charge in [0.1, 0.15) is 5.75 Å². The zero-order valence-electron chi connectivity index (χ0n) is 14.4. The summed E-state index contributed by atoms with van der Waals surface area (Å²) in [6.07, 6.45) is 7.68. The number of piperidine rings is 1. The standard InChI is InChI=1S/C20H26N2O/c1-15-12-20(23-3)16(2)11-18(15)14-22-10-5-4-8-19(22)17-7-6-9-21-13-17/h6-7,9,11-13,19H,4-5,8,10,14H2,1-3H3. The topological polar surface area (TPSA) is 25.4 Å². The SMILES string of the molecule is COc1cc(C)c(CN2CCCCC2c2cccnc2)cc1C. The molecular formula is C20H26N2O. The summed E-state index contributed by atoms with van der Waals surface area (Å²) in [5, 5.41) is 0. The number of hydrogen-bond donors (Lipinski definition) is 0. The highest BCUT2D eigenvalue weighted by Gasteiger charge is 2.24. The maximum absolute atomic E-state index is 5.44. The molecule has 0 radical (unpaired) electrons. The molecule has 1 aromatic heterocycles. The maximum atomic E-state index is 5.44. The molecule has 1 atom stereocenters. The van der Waals surface area contributed by atoms with Gasteiger partial charge in [-0.05, 0) is 67.6 Å². The predicted octanol–water partition coefficient (Wildman–Crippen LogP) is 4.43. The Morgan fingerprint density at radius 1 is 1.22 bits per heavy atom. The van der Waals surface area contributed by atoms with Crippen LogP contribution in [0.2, 0.25) is 0 Å². The lowest BCUT2D eigenvalue weighted by atomic mass is 9.95. The van der Waals surface area contributed by atoms with Crippen LogP contribution in [0.1, 0.15) is 47.6 Å². The van der Waals surface area contributed by atoms with Gasteiger partial charge in [0, 0.05) is 25.0 Å². The highest BCUT2D eigenvalue weighted by atomic mass is 16.5. The fourth-order valence-corrected chi connectivity index (χ4v) is 3.59. The molecule has 3 heteroatoms. The van der Waals surface area contributed by atoms with Crippen LogP contribution in [0.25, 0.3) is 0 Å². The van der Waals surface area contributed by atoms with Gasteiger partial charge in [-0.25, -0.2) is 0 Å². The van der Waals surface area contributed by atoms with Gasteiger partial charge in [-0.2, -0.15) is 0 Å². The van der Waals surface area contributed by atoms with Crippen molar-refractivity contribution in [2.24, 2.45) is 0 Å². The normalized spacial score (nSPS) is 18.8. The molecule has 0 saturated carbocycles. The van der Waals surface area contributed by atoms with Crippen molar-refractivity contribution in [3.63, 3.8) is 0 Å². The van der Waals surface area contributed by atoms with Crippen LogP contribution >= 0.6 is 0 Å². The third kappa shape index (κ3) is 3.56. The fourth-order valence-electron chi connectivity index (χ4n) is 3.59. The summed E-state index contributed by atoms with van der Waals surface area (Å²) >= 11 is 0. The highest BCUT2D eigenvalue weighted by molar-refractivity contribution is 5.41. The number of aryl methyl sites for hydroxylation is 2. The molecule has 2 aromatic rings. The van der Waals surface area contributed by atoms with Crippen LogP contribution in [0.3, 0.4) is 0 Å². The van der Waals surface area contributed by atoms with Gasteiger partial charge in [-0.3, -0.25) is 9.88 Å². The first-order valence-electron chi connectivity index (χ1n) is 8.47. The Morgan fingerprint density at radius 3 is 2.83 bits per heavy atom. The molecule has 1 saturated heterocycles. The number of hydrogen-bond acceptors (Lipinski definition) is 3. The Bertz CT molecular complexity index is 654. The minimum absolute atomic E-state index is 0.485. The van der Waals surface area contributed by atoms with Crippen LogP contribution in [0.5, 0.6) is 5.75 Å². The van der Waals surface area contributed by atoms with Crippen LogP contribution in [0, 0.1) is 13.8 Å². The maximum Gasteiger partial charge on any atom is 0.122 e. The molecule has 0 N–H and O–H groups in total. The van der Waals surface area contributed by atoms with E-state index in [0.717, 1.165) is 18.8 Å². The summed E-state index contributed by atoms with van der Waals surface area (Å²) in [6, 6.07) is 9.18. The van der Waals surface area contributed by atoms with Crippen molar-refractivity contribution in [3.8, 4) is 5.75 Å². The summed E-state index contributed by atoms with van der Waals surface area (Å²) < 4.78 is 5.44. The molecule has 0 spiro atoms. The van der Waals surface area contributed by atoms with Crippen LogP contribution in [0.4, 0.5) is 0 Å². The second-order valence-electron chi connectivity index (χ2n) is 6.52. The van der Waals surface area contributed by atoms with Crippen LogP contribution in [-0.2, 0) is 6.54 Å². The van der Waals surface area contributed by atoms with Gasteiger partial charge in [0.2, 0.25) is 0 Å². The van der Waals surface area contributed by atoms with Gasteiger partial charge in [0.05, 0.1) is 7.11 Å². The molecule has 1 unspecified atom stereocenters. The Morgan fingerprint density at radius 2 is 2.09 bits per heavy atom. The third-order valence-corrected chi connectivity index (χ3v) is 4.91. The Labute approximate surface area is 139 Å². The molecule has 0 amide bonds. The number of aromatic nitrogens is 1. The second kappa shape index (κ2) is 7.14. The van der Waals surface area contributed by atoms with Gasteiger partial charge in [-0.1, -0.05) is 18.6 Å². The predicted molar refractivity (Wildman–Crippen MR) is 93.7 cm³/mol. The van der Waals surface area contributed by atoms with Gasteiger partial charge < -0.3 is 4.74 Å². The Hall–Kier alpha value is -1.87. The molecule has 3 nitrogen and oxygen atoms in total. The second-order valence-corrected chi connectivity index (χ2v) is 6.52. The first kappa shape index (κ1) is 16.0. The number of pyridine rings is 1. The molecule has 23 heavy (non-hydrogen) atoms. The molecule has 0 aliphatic carbocycles. The third-order valence-electron chi connectivity index (χ3n) is 4.91. The smallest absolute Gasteiger partial charge is 0.122 e. The summed E-state index contributed by atoms with van der Waals surface area (Å²) in [6.45, 7) is 6.46. The van der Waals surface area contributed by atoms with E-state index >= 15 is 0 Å². The Kier molecular flexibility index (Phi) is 4.97. The van der Waals surface area contributed by atoms with Crippen molar-refractivity contribution in [1.29, 1.82) is 0 Å². The average molecular weight is 310 g/mol. The average Bonchev–Trinajstić information content (AvgIpc) is 2.59. The van der Waals surface area contributed by atoms with Crippen molar-refractivity contribution >= 4 is 0 Å². The van der Waals surface area contributed by atoms with Crippen molar-refractivity contribution in [3.05, 3.63) is 58.9 Å². The first-order valence-corrected chi connectivity index (χ1v) is 8.47. The molecule has 1 aromatic carbocycles. The number of methoxy groups -OCH3 is 1. The van der Waals surface area contributed by atoms with Crippen molar-refractivity contribution < 1.29 is 4.74 Å². The van der Waals surface area contributed by atoms with Gasteiger partial charge >= 0.3 is 0 Å². The van der Waals surface area contributed by atoms with Gasteiger partial charge in [0.15, 0.2) is 0 Å². The fraction of sp³-hybridized carbons (Fsp3) is 0.450. The summed E-state index contributed by atoms with van der Waals surface area (Å²) in [4.78, 5) is 6.92. The summed E-state index contributed by atoms with van der Waals surface area (Å²) in [5.74, 6) is 0.980. The lowest BCUT2D eigenvalue weighted by Gasteiger charge is -2.36. The minimum atomic E-state index is 0.485. The minimum Gasteiger partial charge on any atom is -0.496 e. The number of benzene rings is 1. The van der Waals surface area contributed by atoms with E-state index in [4.69, 9.17) is 4.74 Å². The van der Waals surface area contributed by atoms with Crippen LogP contribution < -0.4 is 4.74 Å². The Balaban J connectivity index is 1.84. The highest BCUT2D eigenvalue weighted by Crippen LogP contribution is 2.33. The molecule has 1 aliphatic heterocycles. The first-order chi connectivity index (χ1) is 11.2.